The van der Waals surface area contributed by atoms with Crippen LogP contribution in [-0.4, -0.2) is 40.0 Å². The molecule has 5 rings (SSSR count). The maximum absolute atomic E-state index is 13.3. The molecule has 10 heteroatoms. The first-order valence-corrected chi connectivity index (χ1v) is 11.4. The first kappa shape index (κ1) is 21.6. The molecule has 2 aliphatic rings. The lowest BCUT2D eigenvalue weighted by atomic mass is 9.91. The normalized spacial score (nSPS) is 22.0. The maximum atomic E-state index is 13.3. The molecule has 2 atom stereocenters. The van der Waals surface area contributed by atoms with Crippen molar-refractivity contribution >= 4 is 34.9 Å². The number of hydrogen-bond acceptors (Lipinski definition) is 7. The lowest BCUT2D eigenvalue weighted by Crippen LogP contribution is -2.43. The molecular formula is C24H19N5O4S. The summed E-state index contributed by atoms with van der Waals surface area (Å²) in [4.78, 5) is 41.2. The highest BCUT2D eigenvalue weighted by molar-refractivity contribution is 7.10. The summed E-state index contributed by atoms with van der Waals surface area (Å²) < 4.78 is 5.46. The van der Waals surface area contributed by atoms with Crippen molar-refractivity contribution in [2.75, 3.05) is 6.54 Å². The summed E-state index contributed by atoms with van der Waals surface area (Å²) in [5.74, 6) is -0.453. The molecule has 1 fully saturated rings. The molecule has 34 heavy (non-hydrogen) atoms. The highest BCUT2D eigenvalue weighted by atomic mass is 32.1. The minimum Gasteiger partial charge on any atom is -0.463 e. The number of rotatable bonds is 5. The van der Waals surface area contributed by atoms with Gasteiger partial charge in [-0.15, -0.1) is 11.3 Å². The van der Waals surface area contributed by atoms with E-state index in [1.54, 1.807) is 49.6 Å². The van der Waals surface area contributed by atoms with Gasteiger partial charge in [0.1, 0.15) is 23.6 Å². The number of hydrazone groups is 1. The lowest BCUT2D eigenvalue weighted by molar-refractivity contribution is -0.139. The molecule has 2 aliphatic heterocycles. The van der Waals surface area contributed by atoms with Crippen LogP contribution in [0.15, 0.2) is 69.7 Å². The van der Waals surface area contributed by atoms with Gasteiger partial charge in [-0.3, -0.25) is 14.5 Å². The van der Waals surface area contributed by atoms with Gasteiger partial charge in [-0.1, -0.05) is 18.2 Å². The van der Waals surface area contributed by atoms with E-state index < -0.39 is 29.9 Å². The quantitative estimate of drug-likeness (QED) is 0.570. The molecule has 3 aromatic rings. The summed E-state index contributed by atoms with van der Waals surface area (Å²) in [7, 11) is 0. The number of urea groups is 1. The molecule has 0 saturated carbocycles. The van der Waals surface area contributed by atoms with Crippen LogP contribution in [0.25, 0.3) is 0 Å². The fraction of sp³-hybridized carbons (Fsp3) is 0.208. The molecule has 170 valence electrons. The predicted octanol–water partition coefficient (Wildman–Crippen LogP) is 3.36. The Morgan fingerprint density at radius 1 is 1.26 bits per heavy atom. The third-order valence-electron chi connectivity index (χ3n) is 6.00. The molecule has 2 aromatic heterocycles. The van der Waals surface area contributed by atoms with Gasteiger partial charge in [0.05, 0.1) is 23.9 Å². The van der Waals surface area contributed by atoms with E-state index >= 15 is 0 Å². The molecule has 0 spiro atoms. The smallest absolute Gasteiger partial charge is 0.325 e. The first-order valence-electron chi connectivity index (χ1n) is 10.5. The van der Waals surface area contributed by atoms with Crippen LogP contribution in [0.5, 0.6) is 0 Å². The summed E-state index contributed by atoms with van der Waals surface area (Å²) in [5.41, 5.74) is 0.244. The Balaban J connectivity index is 1.39. The van der Waals surface area contributed by atoms with Crippen molar-refractivity contribution < 1.29 is 18.8 Å². The molecule has 1 N–H and O–H groups in total. The Bertz CT molecular complexity index is 1320. The number of carbonyl (C=O) groups is 3. The largest absolute Gasteiger partial charge is 0.463 e. The summed E-state index contributed by atoms with van der Waals surface area (Å²) in [6.45, 7) is 1.13. The summed E-state index contributed by atoms with van der Waals surface area (Å²) in [6.07, 6.45) is 2.00. The number of nitrogens with zero attached hydrogens (tertiary/aromatic N) is 4. The second kappa shape index (κ2) is 8.28. The summed E-state index contributed by atoms with van der Waals surface area (Å²) >= 11 is 1.50. The molecule has 1 aromatic carbocycles. The molecule has 9 nitrogen and oxygen atoms in total. The van der Waals surface area contributed by atoms with Crippen molar-refractivity contribution in [2.45, 2.75) is 24.9 Å². The monoisotopic (exact) mass is 473 g/mol. The third-order valence-corrected chi connectivity index (χ3v) is 6.98. The van der Waals surface area contributed by atoms with Gasteiger partial charge < -0.3 is 9.73 Å². The second-order valence-corrected chi connectivity index (χ2v) is 9.11. The van der Waals surface area contributed by atoms with Gasteiger partial charge in [0.2, 0.25) is 0 Å². The minimum atomic E-state index is -1.34. The van der Waals surface area contributed by atoms with Crippen molar-refractivity contribution in [3.63, 3.8) is 0 Å². The van der Waals surface area contributed by atoms with Crippen LogP contribution in [0.2, 0.25) is 0 Å². The number of thiophene rings is 1. The second-order valence-electron chi connectivity index (χ2n) is 8.13. The molecule has 4 heterocycles. The predicted molar refractivity (Wildman–Crippen MR) is 123 cm³/mol. The molecular weight excluding hydrogens is 454 g/mol. The number of hydrogen-bond donors (Lipinski definition) is 1. The van der Waals surface area contributed by atoms with Crippen LogP contribution in [0.3, 0.4) is 0 Å². The van der Waals surface area contributed by atoms with E-state index in [0.29, 0.717) is 29.0 Å². The highest BCUT2D eigenvalue weighted by Gasteiger charge is 2.50. The standard InChI is InChI=1S/C24H19N5O4S/c1-24(16-8-6-15(13-25)7-9-16)22(31)28(23(32)26-24)14-21(30)29-18(20-5-3-11-34-20)12-17(27-29)19-4-2-10-33-19/h2-11,18H,12,14H2,1H3,(H,26,32). The molecule has 2 unspecified atom stereocenters. The van der Waals surface area contributed by atoms with E-state index in [-0.39, 0.29) is 6.04 Å². The number of amides is 4. The first-order chi connectivity index (χ1) is 16.4. The van der Waals surface area contributed by atoms with Gasteiger partial charge in [-0.05, 0) is 48.2 Å². The fourth-order valence-corrected chi connectivity index (χ4v) is 4.97. The van der Waals surface area contributed by atoms with Crippen LogP contribution >= 0.6 is 11.3 Å². The van der Waals surface area contributed by atoms with Crippen LogP contribution in [0, 0.1) is 11.3 Å². The maximum Gasteiger partial charge on any atom is 0.325 e. The minimum absolute atomic E-state index is 0.349. The van der Waals surface area contributed by atoms with Crippen molar-refractivity contribution in [1.82, 2.24) is 15.2 Å². The van der Waals surface area contributed by atoms with Crippen molar-refractivity contribution in [3.8, 4) is 6.07 Å². The summed E-state index contributed by atoms with van der Waals surface area (Å²) in [5, 5.41) is 19.4. The number of nitriles is 1. The Hall–Kier alpha value is -4.23. The van der Waals surface area contributed by atoms with Gasteiger partial charge in [-0.2, -0.15) is 10.4 Å². The van der Waals surface area contributed by atoms with Crippen LogP contribution in [0.1, 0.15) is 41.2 Å². The Labute approximate surface area is 198 Å². The van der Waals surface area contributed by atoms with Crippen LogP contribution in [0.4, 0.5) is 4.79 Å². The van der Waals surface area contributed by atoms with E-state index in [1.807, 2.05) is 23.6 Å². The zero-order valence-corrected chi connectivity index (χ0v) is 18.9. The average Bonchev–Trinajstić information content (AvgIpc) is 3.64. The SMILES string of the molecule is CC1(c2ccc(C#N)cc2)NC(=O)N(CC(=O)N2N=C(c3ccco3)CC2c2cccs2)C1=O. The average molecular weight is 474 g/mol. The van der Waals surface area contributed by atoms with Crippen molar-refractivity contribution in [1.29, 1.82) is 5.26 Å². The van der Waals surface area contributed by atoms with E-state index in [0.717, 1.165) is 9.78 Å². The highest BCUT2D eigenvalue weighted by Crippen LogP contribution is 2.36. The number of furan rings is 1. The number of imide groups is 1. The van der Waals surface area contributed by atoms with E-state index in [1.165, 1.54) is 16.3 Å². The summed E-state index contributed by atoms with van der Waals surface area (Å²) in [6, 6.07) is 14.8. The third kappa shape index (κ3) is 3.56. The van der Waals surface area contributed by atoms with Crippen LogP contribution < -0.4 is 5.32 Å². The van der Waals surface area contributed by atoms with E-state index in [9.17, 15) is 14.4 Å². The van der Waals surface area contributed by atoms with Crippen LogP contribution in [-0.2, 0) is 15.1 Å². The Morgan fingerprint density at radius 3 is 2.71 bits per heavy atom. The Morgan fingerprint density at radius 2 is 2.06 bits per heavy atom. The van der Waals surface area contributed by atoms with E-state index in [4.69, 9.17) is 9.68 Å². The van der Waals surface area contributed by atoms with Gasteiger partial charge >= 0.3 is 6.03 Å². The van der Waals surface area contributed by atoms with Crippen molar-refractivity contribution in [2.24, 2.45) is 5.10 Å². The number of carbonyl (C=O) groups excluding carboxylic acids is 3. The number of benzene rings is 1. The van der Waals surface area contributed by atoms with E-state index in [2.05, 4.69) is 10.4 Å². The zero-order chi connectivity index (χ0) is 23.9. The fourth-order valence-electron chi connectivity index (χ4n) is 4.16. The molecule has 4 amide bonds. The van der Waals surface area contributed by atoms with Gasteiger partial charge in [0.15, 0.2) is 0 Å². The molecule has 0 bridgehead atoms. The van der Waals surface area contributed by atoms with Gasteiger partial charge in [-0.25, -0.2) is 9.80 Å². The molecule has 0 radical (unpaired) electrons. The lowest BCUT2D eigenvalue weighted by Gasteiger charge is -2.24. The van der Waals surface area contributed by atoms with Crippen molar-refractivity contribution in [3.05, 3.63) is 81.9 Å². The van der Waals surface area contributed by atoms with Gasteiger partial charge in [0.25, 0.3) is 11.8 Å². The topological polar surface area (TPSA) is 119 Å². The van der Waals surface area contributed by atoms with Gasteiger partial charge in [0, 0.05) is 11.3 Å². The molecule has 1 saturated heterocycles. The molecule has 0 aliphatic carbocycles. The zero-order valence-electron chi connectivity index (χ0n) is 18.1. The Kier molecular flexibility index (Phi) is 5.26. The number of nitrogens with one attached hydrogen (secondary N) is 1.